The van der Waals surface area contributed by atoms with Crippen molar-refractivity contribution in [3.63, 3.8) is 0 Å². The number of halogens is 1. The number of rotatable bonds is 1. The van der Waals surface area contributed by atoms with Gasteiger partial charge in [0.25, 0.3) is 0 Å². The Labute approximate surface area is 130 Å². The summed E-state index contributed by atoms with van der Waals surface area (Å²) in [5, 5.41) is 4.49. The Balaban J connectivity index is 1.79. The summed E-state index contributed by atoms with van der Waals surface area (Å²) in [6, 6.07) is 15.0. The second kappa shape index (κ2) is 5.04. The predicted molar refractivity (Wildman–Crippen MR) is 85.8 cm³/mol. The van der Waals surface area contributed by atoms with Crippen LogP contribution in [0.1, 0.15) is 35.3 Å². The predicted octanol–water partition coefficient (Wildman–Crippen LogP) is 4.89. The van der Waals surface area contributed by atoms with Gasteiger partial charge in [0, 0.05) is 28.8 Å². The van der Waals surface area contributed by atoms with E-state index in [1.807, 2.05) is 12.1 Å². The Morgan fingerprint density at radius 3 is 2.95 bits per heavy atom. The van der Waals surface area contributed by atoms with E-state index < -0.39 is 0 Å². The highest BCUT2D eigenvalue weighted by molar-refractivity contribution is 6.30. The van der Waals surface area contributed by atoms with Crippen molar-refractivity contribution in [1.82, 2.24) is 0 Å². The monoisotopic (exact) mass is 299 g/mol. The van der Waals surface area contributed by atoms with Gasteiger partial charge in [-0.15, -0.1) is 0 Å². The summed E-state index contributed by atoms with van der Waals surface area (Å²) in [6.07, 6.45) is 1.28. The zero-order valence-corrected chi connectivity index (χ0v) is 12.7. The molecule has 2 nitrogen and oxygen atoms in total. The minimum atomic E-state index is 0.199. The molecule has 3 heteroatoms. The highest BCUT2D eigenvalue weighted by Crippen LogP contribution is 2.50. The maximum absolute atomic E-state index is 6.17. The van der Waals surface area contributed by atoms with E-state index in [2.05, 4.69) is 42.6 Å². The fraction of sp³-hybridized carbons (Fsp3) is 0.333. The van der Waals surface area contributed by atoms with Crippen LogP contribution in [0.5, 0.6) is 0 Å². The topological polar surface area (TPSA) is 21.3 Å². The molecule has 0 saturated carbocycles. The van der Waals surface area contributed by atoms with Crippen LogP contribution in [0.15, 0.2) is 42.5 Å². The first-order chi connectivity index (χ1) is 10.2. The van der Waals surface area contributed by atoms with E-state index >= 15 is 0 Å². The third kappa shape index (κ3) is 2.23. The van der Waals surface area contributed by atoms with Crippen LogP contribution < -0.4 is 5.32 Å². The molecule has 2 aliphatic rings. The van der Waals surface area contributed by atoms with E-state index in [9.17, 15) is 0 Å². The van der Waals surface area contributed by atoms with E-state index in [4.69, 9.17) is 16.3 Å². The molecule has 1 N–H and O–H groups in total. The van der Waals surface area contributed by atoms with E-state index in [-0.39, 0.29) is 12.1 Å². The molecule has 1 saturated heterocycles. The third-order valence-corrected chi connectivity index (χ3v) is 4.83. The zero-order chi connectivity index (χ0) is 14.4. The van der Waals surface area contributed by atoms with Gasteiger partial charge in [-0.2, -0.15) is 0 Å². The molecule has 2 aliphatic heterocycles. The molecule has 4 rings (SSSR count). The summed E-state index contributed by atoms with van der Waals surface area (Å²) in [4.78, 5) is 0. The summed E-state index contributed by atoms with van der Waals surface area (Å²) >= 11 is 6.17. The molecule has 0 unspecified atom stereocenters. The standard InChI is InChI=1S/C18H18ClNO/c1-11-5-6-16-15(9-11)18-14(7-8-21-18)17(20-16)12-3-2-4-13(19)10-12/h2-6,9-10,14,17-18,20H,7-8H2,1H3/t14-,17-,18-/m0/s1. The molecule has 2 aromatic rings. The van der Waals surface area contributed by atoms with Gasteiger partial charge in [-0.05, 0) is 37.1 Å². The molecule has 3 atom stereocenters. The number of hydrogen-bond acceptors (Lipinski definition) is 2. The van der Waals surface area contributed by atoms with Gasteiger partial charge in [0.05, 0.1) is 12.1 Å². The van der Waals surface area contributed by atoms with Crippen molar-refractivity contribution in [2.24, 2.45) is 5.92 Å². The fourth-order valence-corrected chi connectivity index (χ4v) is 3.82. The first-order valence-electron chi connectivity index (χ1n) is 7.46. The maximum Gasteiger partial charge on any atom is 0.0896 e. The number of fused-ring (bicyclic) bond motifs is 3. The van der Waals surface area contributed by atoms with E-state index in [0.29, 0.717) is 5.92 Å². The molecular weight excluding hydrogens is 282 g/mol. The van der Waals surface area contributed by atoms with Crippen molar-refractivity contribution >= 4 is 17.3 Å². The number of aryl methyl sites for hydroxylation is 1. The summed E-state index contributed by atoms with van der Waals surface area (Å²) in [6.45, 7) is 2.97. The maximum atomic E-state index is 6.17. The second-order valence-electron chi connectivity index (χ2n) is 6.01. The largest absolute Gasteiger partial charge is 0.378 e. The molecular formula is C18H18ClNO. The first-order valence-corrected chi connectivity index (χ1v) is 7.84. The van der Waals surface area contributed by atoms with Crippen molar-refractivity contribution in [3.8, 4) is 0 Å². The van der Waals surface area contributed by atoms with Crippen molar-refractivity contribution in [2.75, 3.05) is 11.9 Å². The average molecular weight is 300 g/mol. The van der Waals surface area contributed by atoms with Crippen LogP contribution in [0.2, 0.25) is 5.02 Å². The van der Waals surface area contributed by atoms with Gasteiger partial charge in [-0.1, -0.05) is 41.4 Å². The molecule has 0 radical (unpaired) electrons. The summed E-state index contributed by atoms with van der Waals surface area (Å²) in [5.41, 5.74) is 5.02. The van der Waals surface area contributed by atoms with Gasteiger partial charge in [-0.3, -0.25) is 0 Å². The highest BCUT2D eigenvalue weighted by Gasteiger charge is 2.41. The Hall–Kier alpha value is -1.51. The first kappa shape index (κ1) is 13.2. The van der Waals surface area contributed by atoms with E-state index in [1.54, 1.807) is 0 Å². The number of nitrogens with one attached hydrogen (secondary N) is 1. The molecule has 1 fully saturated rings. The van der Waals surface area contributed by atoms with E-state index in [1.165, 1.54) is 22.4 Å². The summed E-state index contributed by atoms with van der Waals surface area (Å²) in [7, 11) is 0. The van der Waals surface area contributed by atoms with Crippen LogP contribution in [0.4, 0.5) is 5.69 Å². The van der Waals surface area contributed by atoms with Crippen LogP contribution in [-0.4, -0.2) is 6.61 Å². The Kier molecular flexibility index (Phi) is 3.16. The molecule has 0 bridgehead atoms. The molecule has 2 heterocycles. The lowest BCUT2D eigenvalue weighted by molar-refractivity contribution is 0.0829. The van der Waals surface area contributed by atoms with Crippen LogP contribution in [0.25, 0.3) is 0 Å². The Bertz CT molecular complexity index is 685. The Morgan fingerprint density at radius 1 is 1.19 bits per heavy atom. The lowest BCUT2D eigenvalue weighted by Crippen LogP contribution is -2.29. The second-order valence-corrected chi connectivity index (χ2v) is 6.45. The minimum absolute atomic E-state index is 0.199. The van der Waals surface area contributed by atoms with Gasteiger partial charge in [0.2, 0.25) is 0 Å². The zero-order valence-electron chi connectivity index (χ0n) is 12.0. The van der Waals surface area contributed by atoms with Gasteiger partial charge < -0.3 is 10.1 Å². The minimum Gasteiger partial charge on any atom is -0.378 e. The van der Waals surface area contributed by atoms with Gasteiger partial charge in [-0.25, -0.2) is 0 Å². The van der Waals surface area contributed by atoms with Crippen LogP contribution in [0.3, 0.4) is 0 Å². The highest BCUT2D eigenvalue weighted by atomic mass is 35.5. The molecule has 0 aliphatic carbocycles. The summed E-state index contributed by atoms with van der Waals surface area (Å²) in [5.74, 6) is 0.470. The lowest BCUT2D eigenvalue weighted by Gasteiger charge is -2.36. The third-order valence-electron chi connectivity index (χ3n) is 4.60. The van der Waals surface area contributed by atoms with Crippen molar-refractivity contribution < 1.29 is 4.74 Å². The van der Waals surface area contributed by atoms with Gasteiger partial charge >= 0.3 is 0 Å². The van der Waals surface area contributed by atoms with Crippen LogP contribution >= 0.6 is 11.6 Å². The van der Waals surface area contributed by atoms with Crippen LogP contribution in [-0.2, 0) is 4.74 Å². The number of anilines is 1. The van der Waals surface area contributed by atoms with Gasteiger partial charge in [0.15, 0.2) is 0 Å². The smallest absolute Gasteiger partial charge is 0.0896 e. The molecule has 0 spiro atoms. The molecule has 0 amide bonds. The SMILES string of the molecule is Cc1ccc2c(c1)[C@H]1OCC[C@H]1[C@H](c1cccc(Cl)c1)N2. The van der Waals surface area contributed by atoms with Crippen molar-refractivity contribution in [1.29, 1.82) is 0 Å². The van der Waals surface area contributed by atoms with Crippen LogP contribution in [0, 0.1) is 12.8 Å². The van der Waals surface area contributed by atoms with E-state index in [0.717, 1.165) is 18.1 Å². The summed E-state index contributed by atoms with van der Waals surface area (Å²) < 4.78 is 6.05. The molecule has 108 valence electrons. The quantitative estimate of drug-likeness (QED) is 0.809. The van der Waals surface area contributed by atoms with Crippen molar-refractivity contribution in [3.05, 3.63) is 64.2 Å². The lowest BCUT2D eigenvalue weighted by atomic mass is 9.80. The molecule has 21 heavy (non-hydrogen) atoms. The molecule has 0 aromatic heterocycles. The number of hydrogen-bond donors (Lipinski definition) is 1. The molecule has 2 aromatic carbocycles. The number of ether oxygens (including phenoxy) is 1. The van der Waals surface area contributed by atoms with Crippen molar-refractivity contribution in [2.45, 2.75) is 25.5 Å². The normalized spacial score (nSPS) is 26.9. The van der Waals surface area contributed by atoms with Gasteiger partial charge in [0.1, 0.15) is 0 Å². The Morgan fingerprint density at radius 2 is 2.10 bits per heavy atom. The number of benzene rings is 2. The average Bonchev–Trinajstić information content (AvgIpc) is 2.96. The fourth-order valence-electron chi connectivity index (χ4n) is 3.62.